The normalized spacial score (nSPS) is 27.0. The molecule has 0 spiro atoms. The fourth-order valence-electron chi connectivity index (χ4n) is 4.87. The van der Waals surface area contributed by atoms with Crippen LogP contribution in [-0.4, -0.2) is 43.0 Å². The summed E-state index contributed by atoms with van der Waals surface area (Å²) in [5.74, 6) is 1.78. The van der Waals surface area contributed by atoms with Crippen LogP contribution in [0.4, 0.5) is 5.69 Å². The lowest BCUT2D eigenvalue weighted by atomic mass is 10.0. The Morgan fingerprint density at radius 3 is 2.77 bits per heavy atom. The number of nitrogens with zero attached hydrogens (tertiary/aromatic N) is 2. The molecule has 2 saturated heterocycles. The number of anilines is 1. The van der Waals surface area contributed by atoms with E-state index in [9.17, 15) is 4.79 Å². The lowest BCUT2D eigenvalue weighted by Gasteiger charge is -2.25. The molecule has 5 rings (SSSR count). The van der Waals surface area contributed by atoms with Gasteiger partial charge in [0.15, 0.2) is 5.76 Å². The molecule has 0 aliphatic carbocycles. The highest BCUT2D eigenvalue weighted by Crippen LogP contribution is 2.34. The molecule has 136 valence electrons. The summed E-state index contributed by atoms with van der Waals surface area (Å²) in [6.07, 6.45) is 2.72. The molecule has 0 radical (unpaired) electrons. The van der Waals surface area contributed by atoms with E-state index >= 15 is 0 Å². The largest absolute Gasteiger partial charge is 0.459 e. The summed E-state index contributed by atoms with van der Waals surface area (Å²) in [6, 6.07) is 10.9. The summed E-state index contributed by atoms with van der Waals surface area (Å²) >= 11 is 0. The maximum atomic E-state index is 13.1. The minimum Gasteiger partial charge on any atom is -0.459 e. The average molecular weight is 351 g/mol. The fraction of sp³-hybridized carbons (Fsp3) is 0.476. The summed E-state index contributed by atoms with van der Waals surface area (Å²) in [6.45, 7) is 6.72. The van der Waals surface area contributed by atoms with Crippen LogP contribution in [0.15, 0.2) is 41.0 Å². The SMILES string of the molecule is CC1Cc2ccccc2N1Cc1ccoc1C(=O)N1C[C@H]2CNC[C@H]2C1. The van der Waals surface area contributed by atoms with E-state index in [0.717, 1.165) is 44.7 Å². The van der Waals surface area contributed by atoms with Crippen molar-refractivity contribution in [2.75, 3.05) is 31.1 Å². The van der Waals surface area contributed by atoms with Gasteiger partial charge in [-0.1, -0.05) is 18.2 Å². The van der Waals surface area contributed by atoms with Crippen LogP contribution in [0.1, 0.15) is 28.6 Å². The van der Waals surface area contributed by atoms with Gasteiger partial charge in [0.1, 0.15) is 0 Å². The first kappa shape index (κ1) is 15.9. The number of fused-ring (bicyclic) bond motifs is 2. The van der Waals surface area contributed by atoms with Gasteiger partial charge in [-0.15, -0.1) is 0 Å². The van der Waals surface area contributed by atoms with Crippen molar-refractivity contribution in [1.82, 2.24) is 10.2 Å². The van der Waals surface area contributed by atoms with E-state index in [2.05, 4.69) is 41.4 Å². The Hall–Kier alpha value is -2.27. The fourth-order valence-corrected chi connectivity index (χ4v) is 4.87. The zero-order chi connectivity index (χ0) is 17.7. The number of furan rings is 1. The van der Waals surface area contributed by atoms with E-state index in [1.165, 1.54) is 11.3 Å². The number of rotatable bonds is 3. The Labute approximate surface area is 154 Å². The third-order valence-corrected chi connectivity index (χ3v) is 6.31. The first-order chi connectivity index (χ1) is 12.7. The predicted molar refractivity (Wildman–Crippen MR) is 100 cm³/mol. The standard InChI is InChI=1S/C21H25N3O2/c1-14-8-15-4-2-3-5-19(15)24(14)13-16-6-7-26-20(16)21(25)23-11-17-9-22-10-18(17)12-23/h2-7,14,17-18,22H,8-13H2,1H3/t14?,17-,18+. The van der Waals surface area contributed by atoms with E-state index in [-0.39, 0.29) is 5.91 Å². The summed E-state index contributed by atoms with van der Waals surface area (Å²) < 4.78 is 5.66. The van der Waals surface area contributed by atoms with Gasteiger partial charge in [0, 0.05) is 50.0 Å². The number of carbonyl (C=O) groups is 1. The molecule has 0 saturated carbocycles. The number of hydrogen-bond donors (Lipinski definition) is 1. The predicted octanol–water partition coefficient (Wildman–Crippen LogP) is 2.52. The maximum absolute atomic E-state index is 13.1. The van der Waals surface area contributed by atoms with Crippen molar-refractivity contribution >= 4 is 11.6 Å². The third-order valence-electron chi connectivity index (χ3n) is 6.31. The van der Waals surface area contributed by atoms with Crippen molar-refractivity contribution in [2.45, 2.75) is 25.9 Å². The molecule has 5 nitrogen and oxygen atoms in total. The molecule has 2 fully saturated rings. The lowest BCUT2D eigenvalue weighted by molar-refractivity contribution is 0.0748. The second-order valence-electron chi connectivity index (χ2n) is 7.97. The van der Waals surface area contributed by atoms with Gasteiger partial charge in [-0.2, -0.15) is 0 Å². The topological polar surface area (TPSA) is 48.7 Å². The summed E-state index contributed by atoms with van der Waals surface area (Å²) in [5, 5.41) is 3.42. The average Bonchev–Trinajstić information content (AvgIpc) is 3.38. The van der Waals surface area contributed by atoms with Crippen molar-refractivity contribution in [3.63, 3.8) is 0 Å². The van der Waals surface area contributed by atoms with Crippen LogP contribution in [0.2, 0.25) is 0 Å². The van der Waals surface area contributed by atoms with E-state index in [1.807, 2.05) is 11.0 Å². The molecule has 26 heavy (non-hydrogen) atoms. The molecule has 2 aromatic rings. The minimum atomic E-state index is 0.0551. The van der Waals surface area contributed by atoms with Crippen LogP contribution in [0.25, 0.3) is 0 Å². The molecule has 1 amide bonds. The monoisotopic (exact) mass is 351 g/mol. The molecule has 4 heterocycles. The molecule has 0 bridgehead atoms. The summed E-state index contributed by atoms with van der Waals surface area (Å²) in [4.78, 5) is 17.4. The molecule has 1 N–H and O–H groups in total. The quantitative estimate of drug-likeness (QED) is 0.923. The molecular weight excluding hydrogens is 326 g/mol. The molecule has 1 aromatic carbocycles. The highest BCUT2D eigenvalue weighted by molar-refractivity contribution is 5.93. The van der Waals surface area contributed by atoms with Crippen molar-refractivity contribution < 1.29 is 9.21 Å². The van der Waals surface area contributed by atoms with Gasteiger partial charge in [0.2, 0.25) is 0 Å². The Balaban J connectivity index is 1.36. The number of hydrogen-bond acceptors (Lipinski definition) is 4. The molecular formula is C21H25N3O2. The smallest absolute Gasteiger partial charge is 0.289 e. The molecule has 1 unspecified atom stereocenters. The van der Waals surface area contributed by atoms with E-state index in [0.29, 0.717) is 23.6 Å². The number of amides is 1. The van der Waals surface area contributed by atoms with Crippen LogP contribution in [0, 0.1) is 11.8 Å². The van der Waals surface area contributed by atoms with Crippen LogP contribution >= 0.6 is 0 Å². The minimum absolute atomic E-state index is 0.0551. The Morgan fingerprint density at radius 1 is 1.19 bits per heavy atom. The zero-order valence-corrected chi connectivity index (χ0v) is 15.1. The van der Waals surface area contributed by atoms with Crippen molar-refractivity contribution in [3.8, 4) is 0 Å². The zero-order valence-electron chi connectivity index (χ0n) is 15.1. The summed E-state index contributed by atoms with van der Waals surface area (Å²) in [5.41, 5.74) is 3.66. The molecule has 1 aromatic heterocycles. The molecule has 5 heteroatoms. The van der Waals surface area contributed by atoms with E-state index in [4.69, 9.17) is 4.42 Å². The Kier molecular flexibility index (Phi) is 3.78. The molecule has 3 atom stereocenters. The third kappa shape index (κ3) is 2.53. The first-order valence-electron chi connectivity index (χ1n) is 9.61. The number of benzene rings is 1. The van der Waals surface area contributed by atoms with E-state index in [1.54, 1.807) is 6.26 Å². The highest BCUT2D eigenvalue weighted by atomic mass is 16.3. The van der Waals surface area contributed by atoms with E-state index < -0.39 is 0 Å². The van der Waals surface area contributed by atoms with Crippen molar-refractivity contribution in [3.05, 3.63) is 53.5 Å². The maximum Gasteiger partial charge on any atom is 0.289 e. The number of carbonyl (C=O) groups excluding carboxylic acids is 1. The molecule has 3 aliphatic heterocycles. The van der Waals surface area contributed by atoms with Gasteiger partial charge in [-0.25, -0.2) is 0 Å². The van der Waals surface area contributed by atoms with Gasteiger partial charge in [-0.05, 0) is 42.9 Å². The second-order valence-corrected chi connectivity index (χ2v) is 7.97. The second kappa shape index (κ2) is 6.16. The van der Waals surface area contributed by atoms with Crippen LogP contribution in [0.5, 0.6) is 0 Å². The van der Waals surface area contributed by atoms with Crippen LogP contribution < -0.4 is 10.2 Å². The molecule has 3 aliphatic rings. The van der Waals surface area contributed by atoms with Gasteiger partial charge in [0.25, 0.3) is 5.91 Å². The number of para-hydroxylation sites is 1. The Bertz CT molecular complexity index is 818. The first-order valence-corrected chi connectivity index (χ1v) is 9.61. The van der Waals surface area contributed by atoms with Gasteiger partial charge in [0.05, 0.1) is 6.26 Å². The van der Waals surface area contributed by atoms with Crippen LogP contribution in [0.3, 0.4) is 0 Å². The van der Waals surface area contributed by atoms with Crippen LogP contribution in [-0.2, 0) is 13.0 Å². The Morgan fingerprint density at radius 2 is 1.96 bits per heavy atom. The van der Waals surface area contributed by atoms with Gasteiger partial charge in [-0.3, -0.25) is 4.79 Å². The lowest BCUT2D eigenvalue weighted by Crippen LogP contribution is -2.33. The van der Waals surface area contributed by atoms with Gasteiger partial charge >= 0.3 is 0 Å². The van der Waals surface area contributed by atoms with Crippen molar-refractivity contribution in [2.24, 2.45) is 11.8 Å². The van der Waals surface area contributed by atoms with Gasteiger partial charge < -0.3 is 19.5 Å². The number of likely N-dealkylation sites (tertiary alicyclic amines) is 1. The highest BCUT2D eigenvalue weighted by Gasteiger charge is 2.39. The van der Waals surface area contributed by atoms with Crippen molar-refractivity contribution in [1.29, 1.82) is 0 Å². The number of nitrogens with one attached hydrogen (secondary N) is 1. The summed E-state index contributed by atoms with van der Waals surface area (Å²) in [7, 11) is 0.